The van der Waals surface area contributed by atoms with Crippen LogP contribution >= 0.6 is 0 Å². The summed E-state index contributed by atoms with van der Waals surface area (Å²) in [5.74, 6) is -2.39. The van der Waals surface area contributed by atoms with Crippen molar-refractivity contribution in [2.45, 2.75) is 13.8 Å². The molecule has 21 heavy (non-hydrogen) atoms. The quantitative estimate of drug-likeness (QED) is 0.888. The molecule has 1 heterocycles. The number of nitrogens with one attached hydrogen (secondary N) is 1. The Morgan fingerprint density at radius 2 is 1.76 bits per heavy atom. The first kappa shape index (κ1) is 14.8. The van der Waals surface area contributed by atoms with Crippen LogP contribution in [0.1, 0.15) is 13.8 Å². The standard InChI is InChI=1S/C14H16FN3O3/c1-3-17(4-2)9-5-7-10(8-6-9)18-13(20)11(15)12(19)16-14(18)21/h5-8,20H,3-4H2,1-2H3,(H,16,19,21). The smallest absolute Gasteiger partial charge is 0.335 e. The lowest BCUT2D eigenvalue weighted by Crippen LogP contribution is -2.31. The summed E-state index contributed by atoms with van der Waals surface area (Å²) >= 11 is 0. The van der Waals surface area contributed by atoms with Crippen molar-refractivity contribution >= 4 is 5.69 Å². The monoisotopic (exact) mass is 293 g/mol. The Morgan fingerprint density at radius 3 is 2.29 bits per heavy atom. The van der Waals surface area contributed by atoms with E-state index in [9.17, 15) is 19.1 Å². The molecular formula is C14H16FN3O3. The number of hydrogen-bond acceptors (Lipinski definition) is 4. The number of rotatable bonds is 4. The Kier molecular flexibility index (Phi) is 4.11. The van der Waals surface area contributed by atoms with Crippen LogP contribution in [-0.2, 0) is 0 Å². The van der Waals surface area contributed by atoms with Crippen LogP contribution in [0.5, 0.6) is 5.88 Å². The number of hydrogen-bond donors (Lipinski definition) is 2. The number of anilines is 1. The van der Waals surface area contributed by atoms with Crippen molar-refractivity contribution in [3.8, 4) is 11.6 Å². The molecule has 0 saturated carbocycles. The molecule has 0 fully saturated rings. The molecule has 0 aliphatic heterocycles. The molecule has 2 rings (SSSR count). The first-order valence-electron chi connectivity index (χ1n) is 6.58. The number of benzene rings is 1. The van der Waals surface area contributed by atoms with Gasteiger partial charge in [0, 0.05) is 18.8 Å². The lowest BCUT2D eigenvalue weighted by molar-refractivity contribution is 0.386. The zero-order chi connectivity index (χ0) is 15.6. The van der Waals surface area contributed by atoms with E-state index in [2.05, 4.69) is 4.90 Å². The van der Waals surface area contributed by atoms with Gasteiger partial charge in [0.15, 0.2) is 0 Å². The second kappa shape index (κ2) is 5.82. The van der Waals surface area contributed by atoms with E-state index in [0.29, 0.717) is 4.57 Å². The van der Waals surface area contributed by atoms with Crippen LogP contribution in [0.3, 0.4) is 0 Å². The molecule has 0 amide bonds. The zero-order valence-electron chi connectivity index (χ0n) is 11.8. The minimum absolute atomic E-state index is 0.267. The molecule has 7 heteroatoms. The summed E-state index contributed by atoms with van der Waals surface area (Å²) in [6, 6.07) is 6.67. The fourth-order valence-corrected chi connectivity index (χ4v) is 2.14. The summed E-state index contributed by atoms with van der Waals surface area (Å²) in [6.45, 7) is 5.69. The van der Waals surface area contributed by atoms with E-state index in [4.69, 9.17) is 0 Å². The largest absolute Gasteiger partial charge is 0.492 e. The van der Waals surface area contributed by atoms with Gasteiger partial charge in [0.1, 0.15) is 0 Å². The van der Waals surface area contributed by atoms with Gasteiger partial charge in [-0.3, -0.25) is 9.78 Å². The SMILES string of the molecule is CCN(CC)c1ccc(-n2c(O)c(F)c(=O)[nH]c2=O)cc1. The van der Waals surface area contributed by atoms with Gasteiger partial charge in [-0.05, 0) is 38.1 Å². The fraction of sp³-hybridized carbons (Fsp3) is 0.286. The van der Waals surface area contributed by atoms with Crippen molar-refractivity contribution in [2.24, 2.45) is 0 Å². The third-order valence-corrected chi connectivity index (χ3v) is 3.27. The number of nitrogens with zero attached hydrogens (tertiary/aromatic N) is 2. The molecule has 1 aromatic heterocycles. The Balaban J connectivity index is 2.52. The average molecular weight is 293 g/mol. The first-order chi connectivity index (χ1) is 9.99. The summed E-state index contributed by atoms with van der Waals surface area (Å²) < 4.78 is 14.1. The predicted molar refractivity (Wildman–Crippen MR) is 77.8 cm³/mol. The first-order valence-corrected chi connectivity index (χ1v) is 6.58. The molecule has 112 valence electrons. The number of aromatic hydroxyl groups is 1. The minimum Gasteiger partial charge on any atom is -0.492 e. The summed E-state index contributed by atoms with van der Waals surface area (Å²) in [5, 5.41) is 9.64. The van der Waals surface area contributed by atoms with Crippen molar-refractivity contribution < 1.29 is 9.50 Å². The van der Waals surface area contributed by atoms with Gasteiger partial charge in [-0.15, -0.1) is 0 Å². The number of aromatic nitrogens is 2. The lowest BCUT2D eigenvalue weighted by atomic mass is 10.2. The van der Waals surface area contributed by atoms with Crippen LogP contribution in [0.2, 0.25) is 0 Å². The van der Waals surface area contributed by atoms with Crippen molar-refractivity contribution in [3.63, 3.8) is 0 Å². The summed E-state index contributed by atoms with van der Waals surface area (Å²) in [5.41, 5.74) is -0.923. The van der Waals surface area contributed by atoms with Gasteiger partial charge in [0.05, 0.1) is 5.69 Å². The normalized spacial score (nSPS) is 10.6. The second-order valence-corrected chi connectivity index (χ2v) is 4.42. The average Bonchev–Trinajstić information content (AvgIpc) is 2.48. The Bertz CT molecular complexity index is 746. The molecule has 1 aromatic carbocycles. The highest BCUT2D eigenvalue weighted by Crippen LogP contribution is 2.19. The van der Waals surface area contributed by atoms with Crippen LogP contribution < -0.4 is 16.1 Å². The van der Waals surface area contributed by atoms with E-state index < -0.39 is 22.9 Å². The van der Waals surface area contributed by atoms with Crippen molar-refractivity contribution in [1.82, 2.24) is 9.55 Å². The molecule has 2 aromatic rings. The Hall–Kier alpha value is -2.57. The van der Waals surface area contributed by atoms with E-state index in [-0.39, 0.29) is 5.69 Å². The van der Waals surface area contributed by atoms with Crippen molar-refractivity contribution in [1.29, 1.82) is 0 Å². The van der Waals surface area contributed by atoms with Crippen LogP contribution in [0.4, 0.5) is 10.1 Å². The van der Waals surface area contributed by atoms with E-state index in [1.165, 1.54) is 0 Å². The number of halogens is 1. The van der Waals surface area contributed by atoms with Gasteiger partial charge in [0.2, 0.25) is 11.7 Å². The summed E-state index contributed by atoms with van der Waals surface area (Å²) in [6.07, 6.45) is 0. The third-order valence-electron chi connectivity index (χ3n) is 3.27. The van der Waals surface area contributed by atoms with Crippen molar-refractivity contribution in [2.75, 3.05) is 18.0 Å². The second-order valence-electron chi connectivity index (χ2n) is 4.42. The maximum Gasteiger partial charge on any atom is 0.335 e. The highest BCUT2D eigenvalue weighted by molar-refractivity contribution is 5.51. The fourth-order valence-electron chi connectivity index (χ4n) is 2.14. The highest BCUT2D eigenvalue weighted by atomic mass is 19.1. The van der Waals surface area contributed by atoms with Crippen LogP contribution in [0.15, 0.2) is 33.9 Å². The Morgan fingerprint density at radius 1 is 1.19 bits per heavy atom. The van der Waals surface area contributed by atoms with Crippen LogP contribution in [0.25, 0.3) is 5.69 Å². The van der Waals surface area contributed by atoms with Crippen LogP contribution in [0, 0.1) is 5.82 Å². The molecule has 0 radical (unpaired) electrons. The molecule has 0 bridgehead atoms. The van der Waals surface area contributed by atoms with Gasteiger partial charge < -0.3 is 10.0 Å². The van der Waals surface area contributed by atoms with Crippen LogP contribution in [-0.4, -0.2) is 27.7 Å². The van der Waals surface area contributed by atoms with Gasteiger partial charge in [-0.2, -0.15) is 4.39 Å². The zero-order valence-corrected chi connectivity index (χ0v) is 11.8. The van der Waals surface area contributed by atoms with Gasteiger partial charge in [-0.1, -0.05) is 0 Å². The molecule has 0 saturated heterocycles. The van der Waals surface area contributed by atoms with E-state index >= 15 is 0 Å². The molecule has 0 spiro atoms. The van der Waals surface area contributed by atoms with Gasteiger partial charge in [0.25, 0.3) is 5.56 Å². The van der Waals surface area contributed by atoms with Gasteiger partial charge in [-0.25, -0.2) is 9.36 Å². The molecular weight excluding hydrogens is 277 g/mol. The Labute approximate surface area is 120 Å². The minimum atomic E-state index is -1.39. The van der Waals surface area contributed by atoms with Gasteiger partial charge >= 0.3 is 5.69 Å². The van der Waals surface area contributed by atoms with E-state index in [1.54, 1.807) is 24.3 Å². The molecule has 0 atom stereocenters. The molecule has 0 aliphatic carbocycles. The molecule has 0 unspecified atom stereocenters. The predicted octanol–water partition coefficient (Wildman–Crippen LogP) is 1.22. The van der Waals surface area contributed by atoms with Crippen molar-refractivity contribution in [3.05, 3.63) is 50.9 Å². The maximum absolute atomic E-state index is 13.4. The molecule has 0 aliphatic rings. The lowest BCUT2D eigenvalue weighted by Gasteiger charge is -2.21. The molecule has 6 nitrogen and oxygen atoms in total. The number of H-pyrrole nitrogens is 1. The summed E-state index contributed by atoms with van der Waals surface area (Å²) in [7, 11) is 0. The topological polar surface area (TPSA) is 78.3 Å². The van der Waals surface area contributed by atoms with E-state index in [0.717, 1.165) is 18.8 Å². The highest BCUT2D eigenvalue weighted by Gasteiger charge is 2.15. The summed E-state index contributed by atoms with van der Waals surface area (Å²) in [4.78, 5) is 26.7. The molecule has 2 N–H and O–H groups in total. The third kappa shape index (κ3) is 2.67. The number of aromatic amines is 1. The maximum atomic E-state index is 13.4. The van der Waals surface area contributed by atoms with E-state index in [1.807, 2.05) is 18.8 Å².